The average molecular weight is 231 g/mol. The summed E-state index contributed by atoms with van der Waals surface area (Å²) in [5, 5.41) is 0.0368. The molecule has 0 amide bonds. The lowest BCUT2D eigenvalue weighted by atomic mass is 10.5. The van der Waals surface area contributed by atoms with Gasteiger partial charge < -0.3 is 0 Å². The van der Waals surface area contributed by atoms with Crippen molar-refractivity contribution in [3.8, 4) is 0 Å². The highest BCUT2D eigenvalue weighted by molar-refractivity contribution is 8.13. The molecule has 2 aromatic heterocycles. The molecular weight excluding hydrogens is 224 g/mol. The van der Waals surface area contributed by atoms with Crippen LogP contribution in [0.4, 0.5) is 0 Å². The molecule has 0 bridgehead atoms. The summed E-state index contributed by atoms with van der Waals surface area (Å²) in [6, 6.07) is 5.23. The first-order valence-corrected chi connectivity index (χ1v) is 6.19. The summed E-state index contributed by atoms with van der Waals surface area (Å²) >= 11 is 0. The Balaban J connectivity index is 2.95. The Morgan fingerprint density at radius 1 is 1.43 bits per heavy atom. The molecular formula is C8H7ClN2O2S. The van der Waals surface area contributed by atoms with E-state index in [-0.39, 0.29) is 5.03 Å². The van der Waals surface area contributed by atoms with Crippen molar-refractivity contribution < 1.29 is 8.42 Å². The maximum absolute atomic E-state index is 11.2. The minimum absolute atomic E-state index is 0.0368. The maximum atomic E-state index is 11.2. The SMILES string of the molecule is Cc1nc2ccccn2c1S(=O)(=O)Cl. The van der Waals surface area contributed by atoms with Crippen molar-refractivity contribution in [3.05, 3.63) is 30.1 Å². The van der Waals surface area contributed by atoms with Gasteiger partial charge in [-0.15, -0.1) is 0 Å². The number of nitrogens with zero attached hydrogens (tertiary/aromatic N) is 2. The molecule has 2 heterocycles. The normalized spacial score (nSPS) is 12.1. The number of rotatable bonds is 1. The number of aromatic nitrogens is 2. The molecule has 0 saturated heterocycles. The van der Waals surface area contributed by atoms with E-state index in [1.54, 1.807) is 31.3 Å². The van der Waals surface area contributed by atoms with E-state index in [2.05, 4.69) is 4.98 Å². The molecule has 0 spiro atoms. The number of pyridine rings is 1. The highest BCUT2D eigenvalue weighted by atomic mass is 35.7. The Hall–Kier alpha value is -1.07. The first-order chi connectivity index (χ1) is 6.50. The van der Waals surface area contributed by atoms with Crippen LogP contribution < -0.4 is 0 Å². The summed E-state index contributed by atoms with van der Waals surface area (Å²) < 4.78 is 23.9. The fourth-order valence-electron chi connectivity index (χ4n) is 1.38. The van der Waals surface area contributed by atoms with Crippen LogP contribution in [0.15, 0.2) is 29.4 Å². The van der Waals surface area contributed by atoms with Crippen LogP contribution in [-0.4, -0.2) is 17.8 Å². The molecule has 0 fully saturated rings. The highest BCUT2D eigenvalue weighted by Gasteiger charge is 2.19. The predicted molar refractivity (Wildman–Crippen MR) is 53.0 cm³/mol. The van der Waals surface area contributed by atoms with E-state index in [4.69, 9.17) is 10.7 Å². The van der Waals surface area contributed by atoms with Gasteiger partial charge in [0.15, 0.2) is 5.03 Å². The lowest BCUT2D eigenvalue weighted by Crippen LogP contribution is -1.98. The third kappa shape index (κ3) is 1.38. The van der Waals surface area contributed by atoms with E-state index in [9.17, 15) is 8.42 Å². The summed E-state index contributed by atoms with van der Waals surface area (Å²) in [5.74, 6) is 0. The van der Waals surface area contributed by atoms with Gasteiger partial charge in [0.05, 0.1) is 5.69 Å². The highest BCUT2D eigenvalue weighted by Crippen LogP contribution is 2.20. The Kier molecular flexibility index (Phi) is 2.01. The van der Waals surface area contributed by atoms with E-state index in [1.165, 1.54) is 4.40 Å². The van der Waals surface area contributed by atoms with Crippen molar-refractivity contribution in [2.75, 3.05) is 0 Å². The van der Waals surface area contributed by atoms with Gasteiger partial charge in [0, 0.05) is 16.9 Å². The molecule has 0 aliphatic heterocycles. The summed E-state index contributed by atoms with van der Waals surface area (Å²) in [6.07, 6.45) is 1.62. The second kappa shape index (κ2) is 2.96. The molecule has 0 N–H and O–H groups in total. The predicted octanol–water partition coefficient (Wildman–Crippen LogP) is 1.57. The van der Waals surface area contributed by atoms with Gasteiger partial charge in [-0.25, -0.2) is 13.4 Å². The lowest BCUT2D eigenvalue weighted by Gasteiger charge is -1.96. The quantitative estimate of drug-likeness (QED) is 0.699. The number of imidazole rings is 1. The van der Waals surface area contributed by atoms with Crippen LogP contribution in [-0.2, 0) is 9.05 Å². The van der Waals surface area contributed by atoms with Crippen molar-refractivity contribution in [2.24, 2.45) is 0 Å². The minimum atomic E-state index is -3.74. The molecule has 0 aliphatic rings. The molecule has 4 nitrogen and oxygen atoms in total. The first kappa shape index (κ1) is 9.48. The van der Waals surface area contributed by atoms with Gasteiger partial charge in [-0.3, -0.25) is 4.40 Å². The second-order valence-corrected chi connectivity index (χ2v) is 5.35. The van der Waals surface area contributed by atoms with Crippen LogP contribution in [0.5, 0.6) is 0 Å². The summed E-state index contributed by atoms with van der Waals surface area (Å²) in [7, 11) is 1.55. The second-order valence-electron chi connectivity index (χ2n) is 2.87. The molecule has 0 aromatic carbocycles. The Labute approximate surface area is 85.6 Å². The summed E-state index contributed by atoms with van der Waals surface area (Å²) in [4.78, 5) is 4.08. The van der Waals surface area contributed by atoms with Gasteiger partial charge in [-0.2, -0.15) is 0 Å². The number of fused-ring (bicyclic) bond motifs is 1. The number of halogens is 1. The Bertz CT molecular complexity index is 588. The zero-order valence-electron chi connectivity index (χ0n) is 7.31. The monoisotopic (exact) mass is 230 g/mol. The van der Waals surface area contributed by atoms with Gasteiger partial charge in [0.25, 0.3) is 9.05 Å². The van der Waals surface area contributed by atoms with E-state index in [1.807, 2.05) is 0 Å². The van der Waals surface area contributed by atoms with Crippen LogP contribution >= 0.6 is 10.7 Å². The van der Waals surface area contributed by atoms with E-state index < -0.39 is 9.05 Å². The van der Waals surface area contributed by atoms with Crippen LogP contribution in [0.2, 0.25) is 0 Å². The third-order valence-electron chi connectivity index (χ3n) is 1.88. The number of hydrogen-bond donors (Lipinski definition) is 0. The average Bonchev–Trinajstić information content (AvgIpc) is 2.38. The van der Waals surface area contributed by atoms with Gasteiger partial charge >= 0.3 is 0 Å². The molecule has 0 aliphatic carbocycles. The molecule has 2 aromatic rings. The number of hydrogen-bond acceptors (Lipinski definition) is 3. The van der Waals surface area contributed by atoms with Gasteiger partial charge in [-0.1, -0.05) is 6.07 Å². The topological polar surface area (TPSA) is 51.4 Å². The molecule has 0 unspecified atom stereocenters. The molecule has 0 atom stereocenters. The maximum Gasteiger partial charge on any atom is 0.279 e. The standard InChI is InChI=1S/C8H7ClN2O2S/c1-6-8(14(9,12)13)11-5-3-2-4-7(11)10-6/h2-5H,1H3. The molecule has 14 heavy (non-hydrogen) atoms. The Morgan fingerprint density at radius 3 is 2.79 bits per heavy atom. The molecule has 74 valence electrons. The van der Waals surface area contributed by atoms with Crippen molar-refractivity contribution in [3.63, 3.8) is 0 Å². The summed E-state index contributed by atoms with van der Waals surface area (Å²) in [5.41, 5.74) is 0.982. The lowest BCUT2D eigenvalue weighted by molar-refractivity contribution is 0.604. The largest absolute Gasteiger partial charge is 0.289 e. The van der Waals surface area contributed by atoms with E-state index in [0.717, 1.165) is 0 Å². The molecule has 6 heteroatoms. The third-order valence-corrected chi connectivity index (χ3v) is 3.27. The van der Waals surface area contributed by atoms with Crippen LogP contribution in [0.1, 0.15) is 5.69 Å². The minimum Gasteiger partial charge on any atom is -0.289 e. The number of aryl methyl sites for hydroxylation is 1. The summed E-state index contributed by atoms with van der Waals surface area (Å²) in [6.45, 7) is 1.61. The molecule has 2 rings (SSSR count). The fourth-order valence-corrected chi connectivity index (χ4v) is 2.73. The van der Waals surface area contributed by atoms with Crippen LogP contribution in [0, 0.1) is 6.92 Å². The van der Waals surface area contributed by atoms with Crippen LogP contribution in [0.25, 0.3) is 5.65 Å². The molecule has 0 saturated carbocycles. The van der Waals surface area contributed by atoms with Crippen molar-refractivity contribution in [1.82, 2.24) is 9.38 Å². The molecule has 0 radical (unpaired) electrons. The van der Waals surface area contributed by atoms with Crippen molar-refractivity contribution in [1.29, 1.82) is 0 Å². The van der Waals surface area contributed by atoms with Crippen molar-refractivity contribution in [2.45, 2.75) is 11.9 Å². The first-order valence-electron chi connectivity index (χ1n) is 3.88. The van der Waals surface area contributed by atoms with Gasteiger partial charge in [0.1, 0.15) is 5.65 Å². The van der Waals surface area contributed by atoms with E-state index in [0.29, 0.717) is 11.3 Å². The van der Waals surface area contributed by atoms with Gasteiger partial charge in [-0.05, 0) is 19.1 Å². The fraction of sp³-hybridized carbons (Fsp3) is 0.125. The zero-order valence-corrected chi connectivity index (χ0v) is 8.88. The van der Waals surface area contributed by atoms with Crippen molar-refractivity contribution >= 4 is 25.4 Å². The Morgan fingerprint density at radius 2 is 2.14 bits per heavy atom. The van der Waals surface area contributed by atoms with Crippen LogP contribution in [0.3, 0.4) is 0 Å². The van der Waals surface area contributed by atoms with Gasteiger partial charge in [0.2, 0.25) is 0 Å². The smallest absolute Gasteiger partial charge is 0.279 e. The van der Waals surface area contributed by atoms with E-state index >= 15 is 0 Å². The zero-order chi connectivity index (χ0) is 10.3.